The predicted octanol–water partition coefficient (Wildman–Crippen LogP) is 4.05. The van der Waals surface area contributed by atoms with Crippen LogP contribution in [0.3, 0.4) is 0 Å². The van der Waals surface area contributed by atoms with Crippen LogP contribution >= 0.6 is 0 Å². The Hall–Kier alpha value is -1.55. The Bertz CT molecular complexity index is 632. The number of furan rings is 1. The molecule has 4 nitrogen and oxygen atoms in total. The lowest BCUT2D eigenvalue weighted by molar-refractivity contribution is -0.148. The van der Waals surface area contributed by atoms with Gasteiger partial charge in [-0.2, -0.15) is 0 Å². The van der Waals surface area contributed by atoms with Crippen molar-refractivity contribution in [2.45, 2.75) is 59.0 Å². The Morgan fingerprint density at radius 2 is 2.17 bits per heavy atom. The van der Waals surface area contributed by atoms with Crippen LogP contribution in [0.15, 0.2) is 34.7 Å². The number of aliphatic carboxylic acids is 1. The van der Waals surface area contributed by atoms with Crippen molar-refractivity contribution in [1.29, 1.82) is 0 Å². The van der Waals surface area contributed by atoms with Gasteiger partial charge in [0.05, 0.1) is 18.6 Å². The van der Waals surface area contributed by atoms with E-state index in [0.29, 0.717) is 17.9 Å². The number of aryl methyl sites for hydroxylation is 1. The molecule has 1 aromatic heterocycles. The van der Waals surface area contributed by atoms with Gasteiger partial charge >= 0.3 is 5.97 Å². The molecule has 2 aliphatic rings. The number of rotatable bonds is 4. The fraction of sp³-hybridized carbons (Fsp3) is 0.650. The van der Waals surface area contributed by atoms with E-state index in [0.717, 1.165) is 25.7 Å². The quantitative estimate of drug-likeness (QED) is 0.873. The van der Waals surface area contributed by atoms with Gasteiger partial charge in [-0.25, -0.2) is 4.79 Å². The molecule has 3 rings (SSSR count). The molecule has 1 heterocycles. The van der Waals surface area contributed by atoms with Crippen LogP contribution in [-0.4, -0.2) is 22.3 Å². The molecule has 0 spiro atoms. The van der Waals surface area contributed by atoms with E-state index in [1.165, 1.54) is 5.56 Å². The maximum Gasteiger partial charge on any atom is 0.331 e. The van der Waals surface area contributed by atoms with E-state index in [-0.39, 0.29) is 11.3 Å². The van der Waals surface area contributed by atoms with Gasteiger partial charge in [0.2, 0.25) is 0 Å². The van der Waals surface area contributed by atoms with Gasteiger partial charge in [-0.1, -0.05) is 26.8 Å². The van der Waals surface area contributed by atoms with Crippen LogP contribution in [-0.2, 0) is 11.2 Å². The third-order valence-corrected chi connectivity index (χ3v) is 7.06. The molecule has 0 radical (unpaired) electrons. The van der Waals surface area contributed by atoms with Crippen molar-refractivity contribution >= 4 is 5.97 Å². The first-order chi connectivity index (χ1) is 11.3. The molecule has 0 amide bonds. The van der Waals surface area contributed by atoms with Crippen LogP contribution in [0.25, 0.3) is 0 Å². The summed E-state index contributed by atoms with van der Waals surface area (Å²) >= 11 is 0. The van der Waals surface area contributed by atoms with Gasteiger partial charge in [-0.05, 0) is 61.0 Å². The fourth-order valence-electron chi connectivity index (χ4n) is 5.31. The number of carboxylic acid groups (broad SMARTS) is 1. The SMILES string of the molecule is C[C@@H]1C[C@@H](O)[C@@]2(C)C(C(=O)O)=CCC[C@@H]2[C@@]1(C)CCc1ccoc1. The van der Waals surface area contributed by atoms with Crippen molar-refractivity contribution in [2.75, 3.05) is 0 Å². The molecule has 1 fully saturated rings. The van der Waals surface area contributed by atoms with E-state index in [2.05, 4.69) is 13.8 Å². The summed E-state index contributed by atoms with van der Waals surface area (Å²) in [6.07, 6.45) is 8.99. The zero-order valence-electron chi connectivity index (χ0n) is 14.8. The molecule has 0 aromatic carbocycles. The van der Waals surface area contributed by atoms with Crippen molar-refractivity contribution in [2.24, 2.45) is 22.7 Å². The minimum Gasteiger partial charge on any atom is -0.478 e. The van der Waals surface area contributed by atoms with Crippen LogP contribution in [0.4, 0.5) is 0 Å². The largest absolute Gasteiger partial charge is 0.478 e. The smallest absolute Gasteiger partial charge is 0.331 e. The highest BCUT2D eigenvalue weighted by Crippen LogP contribution is 2.61. The summed E-state index contributed by atoms with van der Waals surface area (Å²) in [5, 5.41) is 20.5. The van der Waals surface area contributed by atoms with E-state index < -0.39 is 17.5 Å². The van der Waals surface area contributed by atoms with E-state index >= 15 is 0 Å². The summed E-state index contributed by atoms with van der Waals surface area (Å²) in [6, 6.07) is 1.99. The average Bonchev–Trinajstić information content (AvgIpc) is 3.04. The Labute approximate surface area is 143 Å². The fourth-order valence-corrected chi connectivity index (χ4v) is 5.31. The third kappa shape index (κ3) is 2.52. The van der Waals surface area contributed by atoms with Gasteiger partial charge in [0.15, 0.2) is 0 Å². The maximum atomic E-state index is 11.8. The lowest BCUT2D eigenvalue weighted by Gasteiger charge is -2.59. The lowest BCUT2D eigenvalue weighted by atomic mass is 9.45. The molecular formula is C20H28O4. The Morgan fingerprint density at radius 3 is 2.79 bits per heavy atom. The first-order valence-corrected chi connectivity index (χ1v) is 8.93. The van der Waals surface area contributed by atoms with Gasteiger partial charge < -0.3 is 14.6 Å². The molecule has 4 heteroatoms. The molecule has 0 saturated heterocycles. The average molecular weight is 332 g/mol. The summed E-state index contributed by atoms with van der Waals surface area (Å²) in [7, 11) is 0. The Morgan fingerprint density at radius 1 is 1.42 bits per heavy atom. The van der Waals surface area contributed by atoms with Gasteiger partial charge in [-0.3, -0.25) is 0 Å². The number of hydrogen-bond acceptors (Lipinski definition) is 3. The Balaban J connectivity index is 1.94. The van der Waals surface area contributed by atoms with Gasteiger partial charge in [0.1, 0.15) is 0 Å². The van der Waals surface area contributed by atoms with Crippen LogP contribution in [0.1, 0.15) is 52.0 Å². The molecular weight excluding hydrogens is 304 g/mol. The van der Waals surface area contributed by atoms with Crippen molar-refractivity contribution < 1.29 is 19.4 Å². The summed E-state index contributed by atoms with van der Waals surface area (Å²) in [5.41, 5.74) is 0.927. The van der Waals surface area contributed by atoms with Gasteiger partial charge in [0.25, 0.3) is 0 Å². The maximum absolute atomic E-state index is 11.8. The van der Waals surface area contributed by atoms with Crippen molar-refractivity contribution in [3.8, 4) is 0 Å². The Kier molecular flexibility index (Phi) is 4.37. The van der Waals surface area contributed by atoms with E-state index in [1.807, 2.05) is 19.1 Å². The van der Waals surface area contributed by atoms with Crippen LogP contribution in [0.5, 0.6) is 0 Å². The van der Waals surface area contributed by atoms with E-state index in [1.54, 1.807) is 12.5 Å². The number of aliphatic hydroxyl groups is 1. The second-order valence-electron chi connectivity index (χ2n) is 8.13. The second-order valence-corrected chi connectivity index (χ2v) is 8.13. The first-order valence-electron chi connectivity index (χ1n) is 8.93. The predicted molar refractivity (Wildman–Crippen MR) is 91.5 cm³/mol. The highest BCUT2D eigenvalue weighted by Gasteiger charge is 2.59. The van der Waals surface area contributed by atoms with Crippen molar-refractivity contribution in [3.63, 3.8) is 0 Å². The molecule has 132 valence electrons. The monoisotopic (exact) mass is 332 g/mol. The van der Waals surface area contributed by atoms with Crippen LogP contribution < -0.4 is 0 Å². The summed E-state index contributed by atoms with van der Waals surface area (Å²) in [4.78, 5) is 11.8. The minimum atomic E-state index is -0.881. The zero-order valence-corrected chi connectivity index (χ0v) is 14.8. The summed E-state index contributed by atoms with van der Waals surface area (Å²) in [5.74, 6) is -0.356. The number of hydrogen-bond donors (Lipinski definition) is 2. The molecule has 2 N–H and O–H groups in total. The second kappa shape index (κ2) is 6.07. The minimum absolute atomic E-state index is 0.000208. The lowest BCUT2D eigenvalue weighted by Crippen LogP contribution is -2.57. The molecule has 5 atom stereocenters. The highest BCUT2D eigenvalue weighted by atomic mass is 16.4. The molecule has 1 aromatic rings. The van der Waals surface area contributed by atoms with Crippen molar-refractivity contribution in [1.82, 2.24) is 0 Å². The molecule has 0 aliphatic heterocycles. The normalized spacial score (nSPS) is 39.2. The highest BCUT2D eigenvalue weighted by molar-refractivity contribution is 5.88. The molecule has 24 heavy (non-hydrogen) atoms. The number of aliphatic hydroxyl groups excluding tert-OH is 1. The van der Waals surface area contributed by atoms with Gasteiger partial charge in [0, 0.05) is 11.0 Å². The summed E-state index contributed by atoms with van der Waals surface area (Å²) in [6.45, 7) is 6.46. The molecule has 0 unspecified atom stereocenters. The number of allylic oxidation sites excluding steroid dienone is 1. The third-order valence-electron chi connectivity index (χ3n) is 7.06. The number of carboxylic acids is 1. The first kappa shape index (κ1) is 17.3. The molecule has 0 bridgehead atoms. The summed E-state index contributed by atoms with van der Waals surface area (Å²) < 4.78 is 5.18. The van der Waals surface area contributed by atoms with Crippen LogP contribution in [0, 0.1) is 22.7 Å². The molecule has 2 aliphatic carbocycles. The van der Waals surface area contributed by atoms with E-state index in [9.17, 15) is 15.0 Å². The van der Waals surface area contributed by atoms with E-state index in [4.69, 9.17) is 4.42 Å². The number of fused-ring (bicyclic) bond motifs is 1. The van der Waals surface area contributed by atoms with Crippen LogP contribution in [0.2, 0.25) is 0 Å². The topological polar surface area (TPSA) is 70.7 Å². The van der Waals surface area contributed by atoms with Gasteiger partial charge in [-0.15, -0.1) is 0 Å². The number of carbonyl (C=O) groups is 1. The zero-order chi connectivity index (χ0) is 17.5. The standard InChI is InChI=1S/C20H28O4/c1-13-11-17(21)20(3)15(18(22)23)5-4-6-16(20)19(13,2)9-7-14-8-10-24-12-14/h5,8,10,12-13,16-17,21H,4,6-7,9,11H2,1-3H3,(H,22,23)/t13-,16-,17-,19+,20+/m1/s1. The molecule has 1 saturated carbocycles. The van der Waals surface area contributed by atoms with Crippen molar-refractivity contribution in [3.05, 3.63) is 35.8 Å².